The highest BCUT2D eigenvalue weighted by Gasteiger charge is 2.22. The number of hydrogen-bond donors (Lipinski definition) is 0. The molecule has 1 aromatic carbocycles. The lowest BCUT2D eigenvalue weighted by atomic mass is 9.95. The molecule has 1 aliphatic rings. The van der Waals surface area contributed by atoms with Gasteiger partial charge in [-0.2, -0.15) is 0 Å². The second-order valence-corrected chi connectivity index (χ2v) is 4.24. The fraction of sp³-hybridized carbons (Fsp3) is 0.429. The number of carbonyl (C=O) groups excluding carboxylic acids is 1. The maximum absolute atomic E-state index is 10.3. The van der Waals surface area contributed by atoms with Crippen LogP contribution in [0, 0.1) is 0 Å². The lowest BCUT2D eigenvalue weighted by molar-refractivity contribution is 0.166. The van der Waals surface area contributed by atoms with E-state index in [0.29, 0.717) is 6.04 Å². The van der Waals surface area contributed by atoms with Crippen molar-refractivity contribution in [2.45, 2.75) is 25.3 Å². The Labute approximate surface area is 96.6 Å². The highest BCUT2D eigenvalue weighted by Crippen LogP contribution is 2.30. The zero-order valence-electron chi connectivity index (χ0n) is 9.43. The standard InChI is InChI=1S/C14H17NO/c16-12-6-11-15-10-5-4-9-14(15)13-7-2-1-3-8-13/h1-3,6-8,14H,4-5,9-11H2. The van der Waals surface area contributed by atoms with Crippen LogP contribution in [0.15, 0.2) is 36.4 Å². The molecule has 1 heterocycles. The molecule has 0 N–H and O–H groups in total. The quantitative estimate of drug-likeness (QED) is 0.722. The van der Waals surface area contributed by atoms with Gasteiger partial charge in [0.2, 0.25) is 0 Å². The Morgan fingerprint density at radius 2 is 2.12 bits per heavy atom. The van der Waals surface area contributed by atoms with Crippen LogP contribution in [-0.2, 0) is 4.79 Å². The number of piperidine rings is 1. The van der Waals surface area contributed by atoms with Crippen LogP contribution in [-0.4, -0.2) is 23.9 Å². The Balaban J connectivity index is 2.13. The fourth-order valence-electron chi connectivity index (χ4n) is 2.42. The molecule has 1 aromatic rings. The Morgan fingerprint density at radius 1 is 1.31 bits per heavy atom. The topological polar surface area (TPSA) is 20.3 Å². The summed E-state index contributed by atoms with van der Waals surface area (Å²) in [6, 6.07) is 11.0. The highest BCUT2D eigenvalue weighted by atomic mass is 16.1. The van der Waals surface area contributed by atoms with E-state index in [1.807, 2.05) is 12.0 Å². The molecule has 0 bridgehead atoms. The van der Waals surface area contributed by atoms with Crippen LogP contribution >= 0.6 is 0 Å². The Kier molecular flexibility index (Phi) is 3.92. The van der Waals surface area contributed by atoms with Crippen molar-refractivity contribution >= 4 is 5.94 Å². The average molecular weight is 215 g/mol. The molecule has 0 amide bonds. The van der Waals surface area contributed by atoms with Gasteiger partial charge in [0.1, 0.15) is 5.94 Å². The molecule has 0 saturated carbocycles. The van der Waals surface area contributed by atoms with Gasteiger partial charge < -0.3 is 0 Å². The summed E-state index contributed by atoms with van der Waals surface area (Å²) in [4.78, 5) is 12.6. The molecule has 0 radical (unpaired) electrons. The van der Waals surface area contributed by atoms with Gasteiger partial charge in [0, 0.05) is 18.7 Å². The Bertz CT molecular complexity index is 368. The Hall–Kier alpha value is -1.37. The normalized spacial score (nSPS) is 21.4. The molecule has 2 heteroatoms. The minimum Gasteiger partial charge on any atom is -0.292 e. The predicted octanol–water partition coefficient (Wildman–Crippen LogP) is 2.60. The van der Waals surface area contributed by atoms with Gasteiger partial charge in [-0.05, 0) is 24.9 Å². The molecule has 1 saturated heterocycles. The molecule has 1 atom stereocenters. The summed E-state index contributed by atoms with van der Waals surface area (Å²) < 4.78 is 0. The zero-order valence-corrected chi connectivity index (χ0v) is 9.43. The molecule has 0 aliphatic carbocycles. The number of rotatable bonds is 3. The van der Waals surface area contributed by atoms with Gasteiger partial charge >= 0.3 is 0 Å². The van der Waals surface area contributed by atoms with Gasteiger partial charge in [0.25, 0.3) is 0 Å². The lowest BCUT2D eigenvalue weighted by Crippen LogP contribution is -2.33. The minimum absolute atomic E-state index is 0.472. The molecule has 1 fully saturated rings. The summed E-state index contributed by atoms with van der Waals surface area (Å²) in [5.41, 5.74) is 1.36. The number of nitrogens with zero attached hydrogens (tertiary/aromatic N) is 1. The van der Waals surface area contributed by atoms with Crippen molar-refractivity contribution in [2.75, 3.05) is 13.1 Å². The summed E-state index contributed by atoms with van der Waals surface area (Å²) in [5, 5.41) is 0. The second-order valence-electron chi connectivity index (χ2n) is 4.24. The maximum Gasteiger partial charge on any atom is 0.121 e. The molecule has 84 valence electrons. The van der Waals surface area contributed by atoms with E-state index in [-0.39, 0.29) is 0 Å². The minimum atomic E-state index is 0.472. The van der Waals surface area contributed by atoms with E-state index >= 15 is 0 Å². The smallest absolute Gasteiger partial charge is 0.121 e. The maximum atomic E-state index is 10.3. The van der Waals surface area contributed by atoms with E-state index in [1.54, 1.807) is 6.08 Å². The van der Waals surface area contributed by atoms with Crippen LogP contribution in [0.1, 0.15) is 30.9 Å². The summed E-state index contributed by atoms with van der Waals surface area (Å²) >= 11 is 0. The molecule has 0 aromatic heterocycles. The van der Waals surface area contributed by atoms with Gasteiger partial charge in [-0.25, -0.2) is 4.79 Å². The van der Waals surface area contributed by atoms with Crippen molar-refractivity contribution in [1.29, 1.82) is 0 Å². The first-order valence-corrected chi connectivity index (χ1v) is 5.90. The van der Waals surface area contributed by atoms with Crippen molar-refractivity contribution < 1.29 is 4.79 Å². The zero-order chi connectivity index (χ0) is 11.2. The number of likely N-dealkylation sites (tertiary alicyclic amines) is 1. The SMILES string of the molecule is O=C=CCN1CCCCC1c1ccccc1. The molecular formula is C14H17NO. The molecule has 1 unspecified atom stereocenters. The van der Waals surface area contributed by atoms with Gasteiger partial charge in [-0.3, -0.25) is 4.90 Å². The first-order valence-electron chi connectivity index (χ1n) is 5.90. The monoisotopic (exact) mass is 215 g/mol. The van der Waals surface area contributed by atoms with Crippen molar-refractivity contribution in [3.63, 3.8) is 0 Å². The van der Waals surface area contributed by atoms with Crippen LogP contribution in [0.3, 0.4) is 0 Å². The van der Waals surface area contributed by atoms with Crippen LogP contribution in [0.5, 0.6) is 0 Å². The first-order chi connectivity index (χ1) is 7.92. The average Bonchev–Trinajstić information content (AvgIpc) is 2.38. The Morgan fingerprint density at radius 3 is 2.88 bits per heavy atom. The third kappa shape index (κ3) is 2.60. The van der Waals surface area contributed by atoms with Crippen molar-refractivity contribution in [3.05, 3.63) is 42.0 Å². The second kappa shape index (κ2) is 5.64. The van der Waals surface area contributed by atoms with Crippen LogP contribution < -0.4 is 0 Å². The van der Waals surface area contributed by atoms with Crippen molar-refractivity contribution in [2.24, 2.45) is 0 Å². The van der Waals surface area contributed by atoms with Gasteiger partial charge in [-0.1, -0.05) is 36.8 Å². The van der Waals surface area contributed by atoms with E-state index in [1.165, 1.54) is 24.8 Å². The van der Waals surface area contributed by atoms with Gasteiger partial charge in [0.15, 0.2) is 0 Å². The summed E-state index contributed by atoms with van der Waals surface area (Å²) in [5.74, 6) is 1.87. The molecule has 1 aliphatic heterocycles. The highest BCUT2D eigenvalue weighted by molar-refractivity contribution is 5.45. The van der Waals surface area contributed by atoms with E-state index in [2.05, 4.69) is 29.2 Å². The molecule has 2 rings (SSSR count). The molecular weight excluding hydrogens is 198 g/mol. The first kappa shape index (κ1) is 11.1. The van der Waals surface area contributed by atoms with E-state index in [0.717, 1.165) is 13.1 Å². The molecule has 0 spiro atoms. The fourth-order valence-corrected chi connectivity index (χ4v) is 2.42. The molecule has 16 heavy (non-hydrogen) atoms. The van der Waals surface area contributed by atoms with Crippen LogP contribution in [0.2, 0.25) is 0 Å². The van der Waals surface area contributed by atoms with Crippen LogP contribution in [0.25, 0.3) is 0 Å². The predicted molar refractivity (Wildman–Crippen MR) is 64.9 cm³/mol. The van der Waals surface area contributed by atoms with Crippen LogP contribution in [0.4, 0.5) is 0 Å². The number of hydrogen-bond acceptors (Lipinski definition) is 2. The largest absolute Gasteiger partial charge is 0.292 e. The summed E-state index contributed by atoms with van der Waals surface area (Å²) in [6.07, 6.45) is 5.29. The third-order valence-corrected chi connectivity index (χ3v) is 3.21. The van der Waals surface area contributed by atoms with Crippen molar-refractivity contribution in [3.8, 4) is 0 Å². The number of benzene rings is 1. The third-order valence-electron chi connectivity index (χ3n) is 3.21. The summed E-state index contributed by atoms with van der Waals surface area (Å²) in [6.45, 7) is 1.81. The summed E-state index contributed by atoms with van der Waals surface area (Å²) in [7, 11) is 0. The van der Waals surface area contributed by atoms with Gasteiger partial charge in [0.05, 0.1) is 0 Å². The van der Waals surface area contributed by atoms with E-state index < -0.39 is 0 Å². The van der Waals surface area contributed by atoms with E-state index in [9.17, 15) is 4.79 Å². The molecule has 2 nitrogen and oxygen atoms in total. The lowest BCUT2D eigenvalue weighted by Gasteiger charge is -2.35. The van der Waals surface area contributed by atoms with E-state index in [4.69, 9.17) is 0 Å². The van der Waals surface area contributed by atoms with Crippen molar-refractivity contribution in [1.82, 2.24) is 4.90 Å². The van der Waals surface area contributed by atoms with Gasteiger partial charge in [-0.15, -0.1) is 0 Å².